The van der Waals surface area contributed by atoms with Crippen LogP contribution in [0.15, 0.2) is 24.4 Å². The highest BCUT2D eigenvalue weighted by molar-refractivity contribution is 6.34. The minimum Gasteiger partial charge on any atom is -0.462 e. The molecule has 4 nitrogen and oxygen atoms in total. The van der Waals surface area contributed by atoms with Gasteiger partial charge in [0.1, 0.15) is 0 Å². The summed E-state index contributed by atoms with van der Waals surface area (Å²) in [4.78, 5) is 12.0. The molecular formula is C17H24ClNO3. The van der Waals surface area contributed by atoms with E-state index in [2.05, 4.69) is 0 Å². The monoisotopic (exact) mass is 325 g/mol. The highest BCUT2D eigenvalue weighted by atomic mass is 35.5. The molecule has 0 amide bonds. The van der Waals surface area contributed by atoms with Crippen molar-refractivity contribution in [2.24, 2.45) is 0 Å². The van der Waals surface area contributed by atoms with Crippen LogP contribution >= 0.6 is 11.6 Å². The van der Waals surface area contributed by atoms with Gasteiger partial charge in [0, 0.05) is 24.9 Å². The fraction of sp³-hybridized carbons (Fsp3) is 0.471. The number of pyridine rings is 1. The van der Waals surface area contributed by atoms with Crippen molar-refractivity contribution < 1.29 is 14.3 Å². The zero-order valence-electron chi connectivity index (χ0n) is 13.7. The van der Waals surface area contributed by atoms with E-state index in [4.69, 9.17) is 21.1 Å². The zero-order chi connectivity index (χ0) is 16.5. The first kappa shape index (κ1) is 18.5. The highest BCUT2D eigenvalue weighted by Crippen LogP contribution is 2.25. The Morgan fingerprint density at radius 2 is 2.00 bits per heavy atom. The SMILES string of the molecule is CC.CCOCCc1cc(C(=O)OCC)c2c(Cl)cccn12. The molecule has 0 bridgehead atoms. The molecule has 0 radical (unpaired) electrons. The van der Waals surface area contributed by atoms with E-state index in [1.165, 1.54) is 0 Å². The van der Waals surface area contributed by atoms with Gasteiger partial charge in [-0.25, -0.2) is 4.79 Å². The Kier molecular flexibility index (Phi) is 7.99. The largest absolute Gasteiger partial charge is 0.462 e. The zero-order valence-corrected chi connectivity index (χ0v) is 14.4. The second-order valence-electron chi connectivity index (χ2n) is 4.29. The lowest BCUT2D eigenvalue weighted by molar-refractivity contribution is 0.0528. The van der Waals surface area contributed by atoms with Gasteiger partial charge in [-0.15, -0.1) is 0 Å². The Bertz CT molecular complexity index is 607. The number of hydrogen-bond acceptors (Lipinski definition) is 3. The van der Waals surface area contributed by atoms with Crippen LogP contribution < -0.4 is 0 Å². The van der Waals surface area contributed by atoms with Gasteiger partial charge in [0.25, 0.3) is 0 Å². The van der Waals surface area contributed by atoms with Gasteiger partial charge in [-0.3, -0.25) is 0 Å². The van der Waals surface area contributed by atoms with Gasteiger partial charge < -0.3 is 13.9 Å². The van der Waals surface area contributed by atoms with Crippen molar-refractivity contribution in [3.63, 3.8) is 0 Å². The van der Waals surface area contributed by atoms with Gasteiger partial charge in [0.05, 0.1) is 29.3 Å². The van der Waals surface area contributed by atoms with Crippen LogP contribution in [-0.4, -0.2) is 30.2 Å². The Morgan fingerprint density at radius 1 is 1.27 bits per heavy atom. The Morgan fingerprint density at radius 3 is 2.64 bits per heavy atom. The molecule has 0 N–H and O–H groups in total. The molecule has 122 valence electrons. The lowest BCUT2D eigenvalue weighted by Crippen LogP contribution is -2.04. The van der Waals surface area contributed by atoms with Crippen molar-refractivity contribution in [1.82, 2.24) is 4.40 Å². The molecule has 0 unspecified atom stereocenters. The molecule has 0 aliphatic rings. The van der Waals surface area contributed by atoms with Crippen molar-refractivity contribution in [3.05, 3.63) is 40.7 Å². The topological polar surface area (TPSA) is 39.9 Å². The molecule has 5 heteroatoms. The first-order chi connectivity index (χ1) is 10.7. The molecule has 2 aromatic heterocycles. The molecule has 0 spiro atoms. The molecule has 0 atom stereocenters. The fourth-order valence-corrected chi connectivity index (χ4v) is 2.43. The summed E-state index contributed by atoms with van der Waals surface area (Å²) < 4.78 is 12.4. The molecule has 2 heterocycles. The van der Waals surface area contributed by atoms with E-state index in [-0.39, 0.29) is 5.97 Å². The summed E-state index contributed by atoms with van der Waals surface area (Å²) in [5, 5.41) is 0.540. The maximum Gasteiger partial charge on any atom is 0.340 e. The number of ether oxygens (including phenoxy) is 2. The minimum atomic E-state index is -0.347. The van der Waals surface area contributed by atoms with E-state index < -0.39 is 0 Å². The van der Waals surface area contributed by atoms with Crippen molar-refractivity contribution in [3.8, 4) is 0 Å². The van der Waals surface area contributed by atoms with E-state index in [0.29, 0.717) is 35.9 Å². The molecule has 0 fully saturated rings. The number of rotatable bonds is 6. The van der Waals surface area contributed by atoms with Crippen molar-refractivity contribution in [1.29, 1.82) is 0 Å². The van der Waals surface area contributed by atoms with Crippen LogP contribution in [0.2, 0.25) is 5.02 Å². The van der Waals surface area contributed by atoms with Gasteiger partial charge in [-0.2, -0.15) is 0 Å². The van der Waals surface area contributed by atoms with Crippen molar-refractivity contribution in [2.75, 3.05) is 19.8 Å². The number of carbonyl (C=O) groups excluding carboxylic acids is 1. The quantitative estimate of drug-likeness (QED) is 0.584. The minimum absolute atomic E-state index is 0.342. The number of carbonyl (C=O) groups is 1. The van der Waals surface area contributed by atoms with Crippen LogP contribution in [0.3, 0.4) is 0 Å². The Balaban J connectivity index is 0.00000116. The number of nitrogens with zero attached hydrogens (tertiary/aromatic N) is 1. The molecule has 0 aliphatic heterocycles. The summed E-state index contributed by atoms with van der Waals surface area (Å²) >= 11 is 6.22. The lowest BCUT2D eigenvalue weighted by Gasteiger charge is -2.04. The van der Waals surface area contributed by atoms with Crippen LogP contribution in [0.1, 0.15) is 43.7 Å². The van der Waals surface area contributed by atoms with Gasteiger partial charge in [0.2, 0.25) is 0 Å². The van der Waals surface area contributed by atoms with Crippen LogP contribution in [0, 0.1) is 0 Å². The maximum atomic E-state index is 12.0. The second kappa shape index (κ2) is 9.49. The molecule has 2 rings (SSSR count). The van der Waals surface area contributed by atoms with E-state index in [1.807, 2.05) is 43.5 Å². The summed E-state index contributed by atoms with van der Waals surface area (Å²) in [7, 11) is 0. The molecule has 2 aromatic rings. The number of hydrogen-bond donors (Lipinski definition) is 0. The second-order valence-corrected chi connectivity index (χ2v) is 4.70. The lowest BCUT2D eigenvalue weighted by atomic mass is 10.2. The molecule has 0 saturated heterocycles. The van der Waals surface area contributed by atoms with Crippen LogP contribution in [0.4, 0.5) is 0 Å². The summed E-state index contributed by atoms with van der Waals surface area (Å²) in [6, 6.07) is 5.46. The van der Waals surface area contributed by atoms with Gasteiger partial charge >= 0.3 is 5.97 Å². The van der Waals surface area contributed by atoms with Crippen molar-refractivity contribution in [2.45, 2.75) is 34.1 Å². The first-order valence-corrected chi connectivity index (χ1v) is 8.10. The normalized spacial score (nSPS) is 10.2. The van der Waals surface area contributed by atoms with E-state index in [9.17, 15) is 4.79 Å². The smallest absolute Gasteiger partial charge is 0.340 e. The molecule has 0 saturated carbocycles. The summed E-state index contributed by atoms with van der Waals surface area (Å²) in [5.41, 5.74) is 2.18. The van der Waals surface area contributed by atoms with Gasteiger partial charge in [-0.05, 0) is 32.0 Å². The molecular weight excluding hydrogens is 302 g/mol. The Labute approximate surface area is 137 Å². The first-order valence-electron chi connectivity index (χ1n) is 7.72. The average molecular weight is 326 g/mol. The summed E-state index contributed by atoms with van der Waals surface area (Å²) in [6.07, 6.45) is 2.61. The maximum absolute atomic E-state index is 12.0. The van der Waals surface area contributed by atoms with Crippen LogP contribution in [0.5, 0.6) is 0 Å². The van der Waals surface area contributed by atoms with E-state index >= 15 is 0 Å². The summed E-state index contributed by atoms with van der Waals surface area (Å²) in [5.74, 6) is -0.347. The fourth-order valence-electron chi connectivity index (χ4n) is 2.16. The highest BCUT2D eigenvalue weighted by Gasteiger charge is 2.18. The predicted octanol–water partition coefficient (Wildman–Crippen LogP) is 4.37. The molecule has 22 heavy (non-hydrogen) atoms. The van der Waals surface area contributed by atoms with Gasteiger partial charge in [0.15, 0.2) is 0 Å². The number of halogens is 1. The Hall–Kier alpha value is -1.52. The summed E-state index contributed by atoms with van der Waals surface area (Å²) in [6.45, 7) is 9.37. The van der Waals surface area contributed by atoms with Crippen LogP contribution in [-0.2, 0) is 15.9 Å². The van der Waals surface area contributed by atoms with Crippen LogP contribution in [0.25, 0.3) is 5.52 Å². The third kappa shape index (κ3) is 4.24. The third-order valence-corrected chi connectivity index (χ3v) is 3.33. The van der Waals surface area contributed by atoms with E-state index in [1.54, 1.807) is 13.0 Å². The standard InChI is InChI=1S/C15H18ClNO3.C2H6/c1-3-19-9-7-11-10-12(15(18)20-4-2)14-13(16)6-5-8-17(11)14;1-2/h5-6,8,10H,3-4,7,9H2,1-2H3;1-2H3. The molecule has 0 aromatic carbocycles. The van der Waals surface area contributed by atoms with Crippen molar-refractivity contribution >= 4 is 23.1 Å². The number of esters is 1. The predicted molar refractivity (Wildman–Crippen MR) is 89.9 cm³/mol. The number of aromatic nitrogens is 1. The van der Waals surface area contributed by atoms with E-state index in [0.717, 1.165) is 12.1 Å². The van der Waals surface area contributed by atoms with Gasteiger partial charge in [-0.1, -0.05) is 25.4 Å². The third-order valence-electron chi connectivity index (χ3n) is 3.02. The number of fused-ring (bicyclic) bond motifs is 1. The molecule has 0 aliphatic carbocycles. The average Bonchev–Trinajstić information content (AvgIpc) is 2.90.